The van der Waals surface area contributed by atoms with E-state index in [0.717, 1.165) is 0 Å². The number of aliphatic hydroxyl groups excluding tert-OH is 1. The second-order valence-electron chi connectivity index (χ2n) is 5.51. The highest BCUT2D eigenvalue weighted by atomic mass is 16.5. The van der Waals surface area contributed by atoms with Gasteiger partial charge in [-0.25, -0.2) is 0 Å². The van der Waals surface area contributed by atoms with Crippen molar-refractivity contribution in [3.8, 4) is 5.75 Å². The molecule has 0 spiro atoms. The number of amides is 1. The molecule has 0 bridgehead atoms. The summed E-state index contributed by atoms with van der Waals surface area (Å²) < 4.78 is 10.4. The van der Waals surface area contributed by atoms with Crippen molar-refractivity contribution in [3.05, 3.63) is 65.3 Å². The highest BCUT2D eigenvalue weighted by Crippen LogP contribution is 2.39. The molecule has 3 rings (SSSR count). The summed E-state index contributed by atoms with van der Waals surface area (Å²) in [5.74, 6) is -0.200. The van der Waals surface area contributed by atoms with E-state index >= 15 is 0 Å². The molecule has 1 unspecified atom stereocenters. The van der Waals surface area contributed by atoms with E-state index in [9.17, 15) is 14.7 Å². The highest BCUT2D eigenvalue weighted by molar-refractivity contribution is 6.08. The van der Waals surface area contributed by atoms with Crippen molar-refractivity contribution in [2.45, 2.75) is 19.5 Å². The Morgan fingerprint density at radius 3 is 2.54 bits per heavy atom. The van der Waals surface area contributed by atoms with Gasteiger partial charge >= 0.3 is 0 Å². The monoisotopic (exact) mass is 327 g/mol. The molecule has 1 aromatic heterocycles. The third-order valence-electron chi connectivity index (χ3n) is 4.02. The lowest BCUT2D eigenvalue weighted by Crippen LogP contribution is -2.30. The fraction of sp³-hybridized carbons (Fsp3) is 0.222. The van der Waals surface area contributed by atoms with Crippen molar-refractivity contribution in [2.75, 3.05) is 7.11 Å². The Morgan fingerprint density at radius 2 is 2.00 bits per heavy atom. The van der Waals surface area contributed by atoms with Gasteiger partial charge in [-0.15, -0.1) is 0 Å². The van der Waals surface area contributed by atoms with Crippen LogP contribution in [-0.2, 0) is 16.1 Å². The first kappa shape index (κ1) is 15.9. The molecule has 1 aliphatic heterocycles. The van der Waals surface area contributed by atoms with E-state index in [4.69, 9.17) is 9.15 Å². The predicted octanol–water partition coefficient (Wildman–Crippen LogP) is 2.77. The van der Waals surface area contributed by atoms with Crippen LogP contribution in [-0.4, -0.2) is 28.8 Å². The van der Waals surface area contributed by atoms with Crippen LogP contribution >= 0.6 is 0 Å². The number of Topliss-reactive ketones (excluding diaryl/α,β-unsaturated/α-hetero) is 1. The van der Waals surface area contributed by atoms with Crippen LogP contribution in [0.3, 0.4) is 0 Å². The Bertz CT molecular complexity index is 789. The molecule has 1 atom stereocenters. The van der Waals surface area contributed by atoms with Crippen molar-refractivity contribution in [1.29, 1.82) is 0 Å². The predicted molar refractivity (Wildman–Crippen MR) is 85.3 cm³/mol. The summed E-state index contributed by atoms with van der Waals surface area (Å²) in [4.78, 5) is 25.9. The summed E-state index contributed by atoms with van der Waals surface area (Å²) in [6.45, 7) is 1.50. The minimum atomic E-state index is -0.661. The van der Waals surface area contributed by atoms with E-state index in [1.54, 1.807) is 43.5 Å². The number of carbonyl (C=O) groups is 2. The van der Waals surface area contributed by atoms with Crippen molar-refractivity contribution < 1.29 is 23.8 Å². The maximum absolute atomic E-state index is 12.5. The standard InChI is InChI=1S/C18H17NO5/c1-11(20)15-16(12-5-7-13(23-2)8-6-12)19(18(22)17(15)21)10-14-4-3-9-24-14/h3-9,16,21H,10H2,1-2H3. The lowest BCUT2D eigenvalue weighted by Gasteiger charge is -2.25. The van der Waals surface area contributed by atoms with Gasteiger partial charge in [0, 0.05) is 0 Å². The van der Waals surface area contributed by atoms with Crippen molar-refractivity contribution in [2.24, 2.45) is 0 Å². The molecule has 1 aliphatic rings. The quantitative estimate of drug-likeness (QED) is 0.913. The number of ketones is 1. The summed E-state index contributed by atoms with van der Waals surface area (Å²) >= 11 is 0. The first-order valence-electron chi connectivity index (χ1n) is 7.44. The van der Waals surface area contributed by atoms with Gasteiger partial charge in [0.25, 0.3) is 5.91 Å². The van der Waals surface area contributed by atoms with Gasteiger partial charge in [0.15, 0.2) is 11.5 Å². The van der Waals surface area contributed by atoms with Crippen LogP contribution in [0.2, 0.25) is 0 Å². The summed E-state index contributed by atoms with van der Waals surface area (Å²) in [5.41, 5.74) is 0.807. The second-order valence-corrected chi connectivity index (χ2v) is 5.51. The number of nitrogens with zero attached hydrogens (tertiary/aromatic N) is 1. The molecule has 1 aromatic carbocycles. The Labute approximate surface area is 138 Å². The number of hydrogen-bond donors (Lipinski definition) is 1. The van der Waals surface area contributed by atoms with Gasteiger partial charge in [-0.05, 0) is 36.8 Å². The van der Waals surface area contributed by atoms with E-state index in [1.165, 1.54) is 18.1 Å². The molecule has 0 aliphatic carbocycles. The van der Waals surface area contributed by atoms with E-state index in [-0.39, 0.29) is 17.9 Å². The van der Waals surface area contributed by atoms with Gasteiger partial charge in [0.2, 0.25) is 0 Å². The molecule has 24 heavy (non-hydrogen) atoms. The fourth-order valence-electron chi connectivity index (χ4n) is 2.88. The maximum atomic E-state index is 12.5. The van der Waals surface area contributed by atoms with E-state index in [1.807, 2.05) is 0 Å². The normalized spacial score (nSPS) is 17.5. The molecule has 0 saturated heterocycles. The minimum absolute atomic E-state index is 0.0942. The van der Waals surface area contributed by atoms with E-state index in [0.29, 0.717) is 17.1 Å². The zero-order valence-electron chi connectivity index (χ0n) is 13.4. The van der Waals surface area contributed by atoms with Crippen molar-refractivity contribution in [1.82, 2.24) is 4.90 Å². The van der Waals surface area contributed by atoms with Crippen LogP contribution in [0.5, 0.6) is 5.75 Å². The molecule has 0 radical (unpaired) electrons. The minimum Gasteiger partial charge on any atom is -0.503 e. The topological polar surface area (TPSA) is 80.0 Å². The summed E-state index contributed by atoms with van der Waals surface area (Å²) in [6.07, 6.45) is 1.51. The lowest BCUT2D eigenvalue weighted by molar-refractivity contribution is -0.130. The zero-order chi connectivity index (χ0) is 17.3. The first-order chi connectivity index (χ1) is 11.5. The Morgan fingerprint density at radius 1 is 1.29 bits per heavy atom. The first-order valence-corrected chi connectivity index (χ1v) is 7.44. The number of furan rings is 1. The second kappa shape index (κ2) is 6.23. The molecule has 124 valence electrons. The summed E-state index contributed by atoms with van der Waals surface area (Å²) in [5, 5.41) is 10.2. The number of benzene rings is 1. The van der Waals surface area contributed by atoms with Gasteiger partial charge in [-0.1, -0.05) is 12.1 Å². The van der Waals surface area contributed by atoms with Crippen molar-refractivity contribution >= 4 is 11.7 Å². The van der Waals surface area contributed by atoms with Crippen LogP contribution in [0.4, 0.5) is 0 Å². The molecule has 6 heteroatoms. The van der Waals surface area contributed by atoms with Gasteiger partial charge in [0.1, 0.15) is 11.5 Å². The van der Waals surface area contributed by atoms with Gasteiger partial charge < -0.3 is 19.2 Å². The Hall–Kier alpha value is -3.02. The van der Waals surface area contributed by atoms with Crippen LogP contribution in [0.1, 0.15) is 24.3 Å². The van der Waals surface area contributed by atoms with Crippen LogP contribution in [0.25, 0.3) is 0 Å². The highest BCUT2D eigenvalue weighted by Gasteiger charge is 2.42. The number of hydrogen-bond acceptors (Lipinski definition) is 5. The third-order valence-corrected chi connectivity index (χ3v) is 4.02. The van der Waals surface area contributed by atoms with Crippen molar-refractivity contribution in [3.63, 3.8) is 0 Å². The molecule has 0 saturated carbocycles. The Balaban J connectivity index is 2.03. The zero-order valence-corrected chi connectivity index (χ0v) is 13.4. The number of carbonyl (C=O) groups excluding carboxylic acids is 2. The average Bonchev–Trinajstić information content (AvgIpc) is 3.17. The van der Waals surface area contributed by atoms with Gasteiger partial charge in [-0.3, -0.25) is 9.59 Å². The van der Waals surface area contributed by atoms with Gasteiger partial charge in [-0.2, -0.15) is 0 Å². The lowest BCUT2D eigenvalue weighted by atomic mass is 9.96. The largest absolute Gasteiger partial charge is 0.503 e. The molecule has 1 N–H and O–H groups in total. The smallest absolute Gasteiger partial charge is 0.290 e. The number of rotatable bonds is 5. The molecule has 1 amide bonds. The van der Waals surface area contributed by atoms with Crippen LogP contribution in [0, 0.1) is 0 Å². The number of aliphatic hydroxyl groups is 1. The molecular weight excluding hydrogens is 310 g/mol. The average molecular weight is 327 g/mol. The molecule has 2 heterocycles. The third kappa shape index (κ3) is 2.67. The summed E-state index contributed by atoms with van der Waals surface area (Å²) in [7, 11) is 1.56. The summed E-state index contributed by atoms with van der Waals surface area (Å²) in [6, 6.07) is 9.83. The molecular formula is C18H17NO5. The van der Waals surface area contributed by atoms with Crippen LogP contribution in [0.15, 0.2) is 58.4 Å². The molecule has 2 aromatic rings. The molecule has 6 nitrogen and oxygen atoms in total. The maximum Gasteiger partial charge on any atom is 0.290 e. The Kier molecular flexibility index (Phi) is 4.12. The number of ether oxygens (including phenoxy) is 1. The van der Waals surface area contributed by atoms with Crippen LogP contribution < -0.4 is 4.74 Å². The van der Waals surface area contributed by atoms with Gasteiger partial charge in [0.05, 0.1) is 31.5 Å². The van der Waals surface area contributed by atoms with E-state index in [2.05, 4.69) is 0 Å². The number of methoxy groups -OCH3 is 1. The molecule has 0 fully saturated rings. The fourth-order valence-corrected chi connectivity index (χ4v) is 2.88. The SMILES string of the molecule is COc1ccc(C2C(C(C)=O)=C(O)C(=O)N2Cc2ccco2)cc1. The van der Waals surface area contributed by atoms with E-state index < -0.39 is 17.7 Å².